The molecule has 0 spiro atoms. The van der Waals surface area contributed by atoms with Gasteiger partial charge in [-0.05, 0) is 37.0 Å². The number of carbonyl (C=O) groups excluding carboxylic acids is 1. The molecule has 0 fully saturated rings. The molecular weight excluding hydrogens is 286 g/mol. The van der Waals surface area contributed by atoms with Gasteiger partial charge in [0, 0.05) is 10.0 Å². The molecule has 1 aromatic carbocycles. The quantitative estimate of drug-likeness (QED) is 0.492. The summed E-state index contributed by atoms with van der Waals surface area (Å²) in [5.41, 5.74) is 3.88. The lowest BCUT2D eigenvalue weighted by molar-refractivity contribution is 0.0600. The van der Waals surface area contributed by atoms with Crippen molar-refractivity contribution < 1.29 is 14.7 Å². The topological polar surface area (TPSA) is 58.9 Å². The Morgan fingerprint density at radius 2 is 2.24 bits per heavy atom. The third-order valence-electron chi connectivity index (χ3n) is 3.07. The summed E-state index contributed by atoms with van der Waals surface area (Å²) in [5.74, 6) is -0.379. The van der Waals surface area contributed by atoms with Crippen LogP contribution in [0.1, 0.15) is 33.5 Å². The normalized spacial score (nSPS) is 16.1. The zero-order valence-electron chi connectivity index (χ0n) is 9.58. The van der Waals surface area contributed by atoms with E-state index in [-0.39, 0.29) is 5.97 Å². The SMILES string of the molecule is COC(=O)c1cc(Br)c2c(c1C)C(=NO)CC2. The molecule has 0 amide bonds. The first-order chi connectivity index (χ1) is 8.10. The number of ether oxygens (including phenoxy) is 1. The fraction of sp³-hybridized carbons (Fsp3) is 0.333. The third-order valence-corrected chi connectivity index (χ3v) is 3.77. The summed E-state index contributed by atoms with van der Waals surface area (Å²) < 4.78 is 5.60. The van der Waals surface area contributed by atoms with Crippen molar-refractivity contribution in [1.82, 2.24) is 0 Å². The van der Waals surface area contributed by atoms with Crippen LogP contribution in [0.5, 0.6) is 0 Å². The number of hydrogen-bond donors (Lipinski definition) is 1. The van der Waals surface area contributed by atoms with Crippen LogP contribution in [-0.4, -0.2) is 24.0 Å². The van der Waals surface area contributed by atoms with Gasteiger partial charge in [0.1, 0.15) is 0 Å². The first-order valence-electron chi connectivity index (χ1n) is 5.21. The van der Waals surface area contributed by atoms with Gasteiger partial charge < -0.3 is 9.94 Å². The van der Waals surface area contributed by atoms with Crippen molar-refractivity contribution in [2.75, 3.05) is 7.11 Å². The van der Waals surface area contributed by atoms with E-state index in [2.05, 4.69) is 21.1 Å². The van der Waals surface area contributed by atoms with Crippen LogP contribution in [0.25, 0.3) is 0 Å². The Morgan fingerprint density at radius 3 is 2.82 bits per heavy atom. The molecule has 1 N–H and O–H groups in total. The molecule has 17 heavy (non-hydrogen) atoms. The lowest BCUT2D eigenvalue weighted by atomic mass is 9.98. The van der Waals surface area contributed by atoms with Crippen LogP contribution in [0.3, 0.4) is 0 Å². The molecule has 4 nitrogen and oxygen atoms in total. The number of methoxy groups -OCH3 is 1. The van der Waals surface area contributed by atoms with Gasteiger partial charge in [-0.3, -0.25) is 0 Å². The summed E-state index contributed by atoms with van der Waals surface area (Å²) in [6.45, 7) is 1.84. The Labute approximate surface area is 107 Å². The Morgan fingerprint density at radius 1 is 1.53 bits per heavy atom. The number of oxime groups is 1. The molecule has 0 saturated heterocycles. The molecule has 1 aromatic rings. The number of nitrogens with zero attached hydrogens (tertiary/aromatic N) is 1. The average Bonchev–Trinajstić information content (AvgIpc) is 2.77. The Kier molecular flexibility index (Phi) is 3.19. The summed E-state index contributed by atoms with van der Waals surface area (Å²) in [7, 11) is 1.35. The van der Waals surface area contributed by atoms with Gasteiger partial charge in [0.05, 0.1) is 18.4 Å². The van der Waals surface area contributed by atoms with Gasteiger partial charge in [0.25, 0.3) is 0 Å². The molecule has 0 bridgehead atoms. The monoisotopic (exact) mass is 297 g/mol. The van der Waals surface area contributed by atoms with Gasteiger partial charge in [0.15, 0.2) is 0 Å². The molecule has 0 unspecified atom stereocenters. The van der Waals surface area contributed by atoms with Crippen LogP contribution in [-0.2, 0) is 11.2 Å². The van der Waals surface area contributed by atoms with E-state index in [1.165, 1.54) is 7.11 Å². The number of fused-ring (bicyclic) bond motifs is 1. The lowest BCUT2D eigenvalue weighted by Gasteiger charge is -2.11. The number of carbonyl (C=O) groups is 1. The third kappa shape index (κ3) is 1.84. The van der Waals surface area contributed by atoms with Crippen molar-refractivity contribution in [1.29, 1.82) is 0 Å². The Hall–Kier alpha value is -1.36. The van der Waals surface area contributed by atoms with E-state index in [9.17, 15) is 4.79 Å². The second-order valence-electron chi connectivity index (χ2n) is 3.92. The van der Waals surface area contributed by atoms with Crippen LogP contribution in [0.15, 0.2) is 15.7 Å². The Balaban J connectivity index is 2.69. The van der Waals surface area contributed by atoms with E-state index >= 15 is 0 Å². The molecule has 5 heteroatoms. The van der Waals surface area contributed by atoms with Gasteiger partial charge >= 0.3 is 5.97 Å². The first-order valence-corrected chi connectivity index (χ1v) is 6.01. The summed E-state index contributed by atoms with van der Waals surface area (Å²) >= 11 is 3.44. The van der Waals surface area contributed by atoms with E-state index in [0.717, 1.165) is 27.6 Å². The highest BCUT2D eigenvalue weighted by Gasteiger charge is 2.26. The van der Waals surface area contributed by atoms with Gasteiger partial charge in [0.2, 0.25) is 0 Å². The summed E-state index contributed by atoms with van der Waals surface area (Å²) in [4.78, 5) is 11.6. The maximum atomic E-state index is 11.6. The molecule has 1 aliphatic rings. The molecule has 2 rings (SSSR count). The lowest BCUT2D eigenvalue weighted by Crippen LogP contribution is -2.08. The minimum atomic E-state index is -0.379. The van der Waals surface area contributed by atoms with Gasteiger partial charge in [-0.25, -0.2) is 4.79 Å². The highest BCUT2D eigenvalue weighted by molar-refractivity contribution is 9.10. The van der Waals surface area contributed by atoms with Crippen LogP contribution in [0, 0.1) is 6.92 Å². The number of hydrogen-bond acceptors (Lipinski definition) is 4. The second-order valence-corrected chi connectivity index (χ2v) is 4.78. The predicted octanol–water partition coefficient (Wildman–Crippen LogP) is 2.67. The number of halogens is 1. The van der Waals surface area contributed by atoms with E-state index in [1.54, 1.807) is 6.07 Å². The maximum Gasteiger partial charge on any atom is 0.338 e. The predicted molar refractivity (Wildman–Crippen MR) is 66.9 cm³/mol. The summed E-state index contributed by atoms with van der Waals surface area (Å²) in [6.07, 6.45) is 1.51. The number of rotatable bonds is 1. The Bertz CT molecular complexity index is 523. The zero-order chi connectivity index (χ0) is 12.6. The highest BCUT2D eigenvalue weighted by atomic mass is 79.9. The molecule has 90 valence electrons. The largest absolute Gasteiger partial charge is 0.465 e. The van der Waals surface area contributed by atoms with Crippen molar-refractivity contribution in [2.24, 2.45) is 5.16 Å². The van der Waals surface area contributed by atoms with Crippen molar-refractivity contribution >= 4 is 27.6 Å². The molecule has 1 aliphatic carbocycles. The van der Waals surface area contributed by atoms with Crippen molar-refractivity contribution in [3.63, 3.8) is 0 Å². The summed E-state index contributed by atoms with van der Waals surface area (Å²) in [5, 5.41) is 12.3. The molecule has 0 saturated carbocycles. The van der Waals surface area contributed by atoms with Crippen molar-refractivity contribution in [3.05, 3.63) is 32.8 Å². The summed E-state index contributed by atoms with van der Waals surface area (Å²) in [6, 6.07) is 1.76. The van der Waals surface area contributed by atoms with Gasteiger partial charge in [-0.1, -0.05) is 21.1 Å². The maximum absolute atomic E-state index is 11.6. The van der Waals surface area contributed by atoms with Gasteiger partial charge in [-0.15, -0.1) is 0 Å². The van der Waals surface area contributed by atoms with Crippen molar-refractivity contribution in [2.45, 2.75) is 19.8 Å². The fourth-order valence-corrected chi connectivity index (χ4v) is 2.85. The minimum absolute atomic E-state index is 0.379. The standard InChI is InChI=1S/C12H12BrNO3/c1-6-8(12(15)17-2)5-9(13)7-3-4-10(14-16)11(6)7/h5,16H,3-4H2,1-2H3. The van der Waals surface area contributed by atoms with Crippen molar-refractivity contribution in [3.8, 4) is 0 Å². The smallest absolute Gasteiger partial charge is 0.338 e. The molecule has 0 atom stereocenters. The van der Waals surface area contributed by atoms with Crippen LogP contribution in [0.4, 0.5) is 0 Å². The van der Waals surface area contributed by atoms with Gasteiger partial charge in [-0.2, -0.15) is 0 Å². The molecule has 0 heterocycles. The highest BCUT2D eigenvalue weighted by Crippen LogP contribution is 2.34. The van der Waals surface area contributed by atoms with E-state index in [1.807, 2.05) is 6.92 Å². The zero-order valence-corrected chi connectivity index (χ0v) is 11.2. The van der Waals surface area contributed by atoms with Crippen LogP contribution < -0.4 is 0 Å². The molecule has 0 radical (unpaired) electrons. The van der Waals surface area contributed by atoms with E-state index < -0.39 is 0 Å². The molecule has 0 aromatic heterocycles. The first kappa shape index (κ1) is 12.1. The van der Waals surface area contributed by atoms with Crippen LogP contribution in [0.2, 0.25) is 0 Å². The van der Waals surface area contributed by atoms with E-state index in [0.29, 0.717) is 17.7 Å². The second kappa shape index (κ2) is 4.49. The molecular formula is C12H12BrNO3. The fourth-order valence-electron chi connectivity index (χ4n) is 2.23. The van der Waals surface area contributed by atoms with Crippen LogP contribution >= 0.6 is 15.9 Å². The average molecular weight is 298 g/mol. The number of esters is 1. The number of benzene rings is 1. The van der Waals surface area contributed by atoms with E-state index in [4.69, 9.17) is 9.94 Å². The minimum Gasteiger partial charge on any atom is -0.465 e. The molecule has 0 aliphatic heterocycles.